The fraction of sp³-hybridized carbons (Fsp3) is 0.188. The molecule has 108 valence electrons. The van der Waals surface area contributed by atoms with Gasteiger partial charge in [-0.15, -0.1) is 0 Å². The lowest BCUT2D eigenvalue weighted by molar-refractivity contribution is 0.0935. The number of aromatic hydroxyl groups is 1. The molecule has 0 spiro atoms. The fourth-order valence-corrected chi connectivity index (χ4v) is 2.41. The molecule has 1 aliphatic heterocycles. The summed E-state index contributed by atoms with van der Waals surface area (Å²) in [5, 5.41) is 16.3. The quantitative estimate of drug-likeness (QED) is 0.810. The largest absolute Gasteiger partial charge is 0.504 e. The number of carbonyl (C=O) groups excluding carboxylic acids is 1. The van der Waals surface area contributed by atoms with E-state index in [0.29, 0.717) is 23.5 Å². The van der Waals surface area contributed by atoms with Crippen molar-refractivity contribution >= 4 is 11.6 Å². The van der Waals surface area contributed by atoms with Crippen LogP contribution in [0.1, 0.15) is 29.0 Å². The summed E-state index contributed by atoms with van der Waals surface area (Å²) >= 11 is 0. The van der Waals surface area contributed by atoms with E-state index in [0.717, 1.165) is 5.69 Å². The van der Waals surface area contributed by atoms with Crippen molar-refractivity contribution in [3.8, 4) is 11.5 Å². The van der Waals surface area contributed by atoms with E-state index in [1.165, 1.54) is 0 Å². The maximum Gasteiger partial charge on any atom is 0.255 e. The molecule has 1 atom stereocenters. The number of phenols is 1. The minimum Gasteiger partial charge on any atom is -0.504 e. The number of anilines is 1. The minimum absolute atomic E-state index is 0.0385. The summed E-state index contributed by atoms with van der Waals surface area (Å²) in [5.41, 5.74) is 1.91. The number of phenolic OH excluding ortho intramolecular Hbond substituents is 1. The molecule has 2 aromatic rings. The van der Waals surface area contributed by atoms with Crippen molar-refractivity contribution in [3.05, 3.63) is 53.6 Å². The predicted octanol–water partition coefficient (Wildman–Crippen LogP) is 2.65. The molecule has 0 fully saturated rings. The van der Waals surface area contributed by atoms with Crippen LogP contribution in [0, 0.1) is 0 Å². The molecule has 0 bridgehead atoms. The molecule has 1 aliphatic rings. The van der Waals surface area contributed by atoms with Gasteiger partial charge in [-0.25, -0.2) is 0 Å². The van der Waals surface area contributed by atoms with Crippen LogP contribution in [0.2, 0.25) is 0 Å². The molecule has 3 N–H and O–H groups in total. The third-order valence-corrected chi connectivity index (χ3v) is 3.39. The van der Waals surface area contributed by atoms with E-state index in [4.69, 9.17) is 4.74 Å². The third-order valence-electron chi connectivity index (χ3n) is 3.39. The number of amides is 1. The number of fused-ring (bicyclic) bond motifs is 1. The van der Waals surface area contributed by atoms with Gasteiger partial charge in [0.15, 0.2) is 11.5 Å². The van der Waals surface area contributed by atoms with Crippen LogP contribution in [-0.4, -0.2) is 17.6 Å². The highest BCUT2D eigenvalue weighted by Gasteiger charge is 2.26. The van der Waals surface area contributed by atoms with Gasteiger partial charge < -0.3 is 20.5 Å². The van der Waals surface area contributed by atoms with Crippen molar-refractivity contribution in [3.63, 3.8) is 0 Å². The molecular weight excluding hydrogens is 268 g/mol. The Bertz CT molecular complexity index is 685. The van der Waals surface area contributed by atoms with Gasteiger partial charge in [0.1, 0.15) is 6.17 Å². The van der Waals surface area contributed by atoms with Crippen LogP contribution in [0.15, 0.2) is 42.5 Å². The summed E-state index contributed by atoms with van der Waals surface area (Å²) in [4.78, 5) is 12.1. The van der Waals surface area contributed by atoms with Crippen LogP contribution in [0.4, 0.5) is 5.69 Å². The highest BCUT2D eigenvalue weighted by atomic mass is 16.5. The number of benzene rings is 2. The number of hydrogen-bond donors (Lipinski definition) is 3. The number of hydrogen-bond acceptors (Lipinski definition) is 4. The Morgan fingerprint density at radius 2 is 1.95 bits per heavy atom. The Labute approximate surface area is 122 Å². The fourth-order valence-electron chi connectivity index (χ4n) is 2.41. The van der Waals surface area contributed by atoms with Crippen LogP contribution < -0.4 is 15.4 Å². The number of nitrogens with one attached hydrogen (secondary N) is 2. The Balaban J connectivity index is 1.96. The molecular formula is C16H16N2O3. The first-order valence-corrected chi connectivity index (χ1v) is 6.82. The zero-order valence-corrected chi connectivity index (χ0v) is 11.6. The maximum atomic E-state index is 12.1. The van der Waals surface area contributed by atoms with Crippen molar-refractivity contribution in [2.75, 3.05) is 11.9 Å². The Morgan fingerprint density at radius 1 is 1.14 bits per heavy atom. The highest BCUT2D eigenvalue weighted by Crippen LogP contribution is 2.36. The van der Waals surface area contributed by atoms with Crippen molar-refractivity contribution < 1.29 is 14.6 Å². The summed E-state index contributed by atoms with van der Waals surface area (Å²) in [6.45, 7) is 2.31. The minimum atomic E-state index is -0.493. The van der Waals surface area contributed by atoms with Crippen molar-refractivity contribution in [2.24, 2.45) is 0 Å². The molecule has 2 aromatic carbocycles. The average molecular weight is 284 g/mol. The standard InChI is InChI=1S/C16H16N2O3/c1-2-21-13-9-5-7-11(14(13)19)15-17-12-8-4-3-6-10(12)16(20)18-15/h3-9,15,17,19H,2H2,1H3,(H,18,20)/t15-/m0/s1. The van der Waals surface area contributed by atoms with E-state index in [1.807, 2.05) is 25.1 Å². The molecule has 21 heavy (non-hydrogen) atoms. The van der Waals surface area contributed by atoms with E-state index >= 15 is 0 Å². The number of para-hydroxylation sites is 2. The zero-order valence-electron chi connectivity index (χ0n) is 11.6. The van der Waals surface area contributed by atoms with Crippen LogP contribution >= 0.6 is 0 Å². The highest BCUT2D eigenvalue weighted by molar-refractivity contribution is 6.01. The second kappa shape index (κ2) is 5.36. The van der Waals surface area contributed by atoms with Crippen molar-refractivity contribution in [1.29, 1.82) is 0 Å². The van der Waals surface area contributed by atoms with Gasteiger partial charge >= 0.3 is 0 Å². The van der Waals surface area contributed by atoms with Crippen molar-refractivity contribution in [2.45, 2.75) is 13.1 Å². The summed E-state index contributed by atoms with van der Waals surface area (Å²) in [7, 11) is 0. The second-order valence-corrected chi connectivity index (χ2v) is 4.72. The number of carbonyl (C=O) groups is 1. The monoisotopic (exact) mass is 284 g/mol. The normalized spacial score (nSPS) is 16.6. The van der Waals surface area contributed by atoms with Crippen LogP contribution in [-0.2, 0) is 0 Å². The van der Waals surface area contributed by atoms with Crippen LogP contribution in [0.25, 0.3) is 0 Å². The summed E-state index contributed by atoms with van der Waals surface area (Å²) in [5.74, 6) is 0.275. The molecule has 5 heteroatoms. The molecule has 0 unspecified atom stereocenters. The summed E-state index contributed by atoms with van der Waals surface area (Å²) in [6.07, 6.45) is -0.493. The van der Waals surface area contributed by atoms with Gasteiger partial charge in [-0.3, -0.25) is 4.79 Å². The predicted molar refractivity (Wildman–Crippen MR) is 79.5 cm³/mol. The molecule has 0 saturated heterocycles. The van der Waals surface area contributed by atoms with E-state index in [-0.39, 0.29) is 11.7 Å². The molecule has 5 nitrogen and oxygen atoms in total. The molecule has 1 amide bonds. The van der Waals surface area contributed by atoms with Gasteiger partial charge in [0, 0.05) is 11.3 Å². The first-order valence-electron chi connectivity index (χ1n) is 6.82. The van der Waals surface area contributed by atoms with Gasteiger partial charge in [-0.1, -0.05) is 24.3 Å². The van der Waals surface area contributed by atoms with Crippen molar-refractivity contribution in [1.82, 2.24) is 5.32 Å². The lowest BCUT2D eigenvalue weighted by Gasteiger charge is -2.28. The number of rotatable bonds is 3. The number of ether oxygens (including phenoxy) is 1. The van der Waals surface area contributed by atoms with Crippen LogP contribution in [0.3, 0.4) is 0 Å². The maximum absolute atomic E-state index is 12.1. The smallest absolute Gasteiger partial charge is 0.255 e. The molecule has 1 heterocycles. The lowest BCUT2D eigenvalue weighted by atomic mass is 10.0. The Hall–Kier alpha value is -2.69. The average Bonchev–Trinajstić information content (AvgIpc) is 2.49. The lowest BCUT2D eigenvalue weighted by Crippen LogP contribution is -2.38. The Kier molecular flexibility index (Phi) is 3.39. The van der Waals surface area contributed by atoms with Gasteiger partial charge in [-0.2, -0.15) is 0 Å². The molecule has 0 radical (unpaired) electrons. The van der Waals surface area contributed by atoms with Crippen LogP contribution in [0.5, 0.6) is 11.5 Å². The van der Waals surface area contributed by atoms with Gasteiger partial charge in [0.25, 0.3) is 5.91 Å². The second-order valence-electron chi connectivity index (χ2n) is 4.72. The van der Waals surface area contributed by atoms with E-state index in [2.05, 4.69) is 10.6 Å². The SMILES string of the molecule is CCOc1cccc([C@@H]2NC(=O)c3ccccc3N2)c1O. The van der Waals surface area contributed by atoms with E-state index in [9.17, 15) is 9.90 Å². The summed E-state index contributed by atoms with van der Waals surface area (Å²) < 4.78 is 5.37. The topological polar surface area (TPSA) is 70.6 Å². The van der Waals surface area contributed by atoms with Gasteiger partial charge in [-0.05, 0) is 25.1 Å². The molecule has 0 aromatic heterocycles. The molecule has 3 rings (SSSR count). The molecule has 0 saturated carbocycles. The molecule has 0 aliphatic carbocycles. The Morgan fingerprint density at radius 3 is 2.76 bits per heavy atom. The van der Waals surface area contributed by atoms with E-state index < -0.39 is 6.17 Å². The third kappa shape index (κ3) is 2.38. The first kappa shape index (κ1) is 13.3. The van der Waals surface area contributed by atoms with Gasteiger partial charge in [0.05, 0.1) is 12.2 Å². The van der Waals surface area contributed by atoms with Gasteiger partial charge in [0.2, 0.25) is 0 Å². The first-order chi connectivity index (χ1) is 10.2. The summed E-state index contributed by atoms with van der Waals surface area (Å²) in [6, 6.07) is 12.5. The zero-order chi connectivity index (χ0) is 14.8. The van der Waals surface area contributed by atoms with E-state index in [1.54, 1.807) is 24.3 Å².